The Bertz CT molecular complexity index is 332. The molecule has 0 spiro atoms. The summed E-state index contributed by atoms with van der Waals surface area (Å²) in [6, 6.07) is 0. The highest BCUT2D eigenvalue weighted by Gasteiger charge is 2.45. The van der Waals surface area contributed by atoms with Crippen molar-refractivity contribution in [3.63, 3.8) is 0 Å². The van der Waals surface area contributed by atoms with Crippen LogP contribution in [0, 0.1) is 5.92 Å². The molecule has 9 heteroatoms. The van der Waals surface area contributed by atoms with Crippen molar-refractivity contribution < 1.29 is 27.5 Å². The van der Waals surface area contributed by atoms with Gasteiger partial charge in [-0.1, -0.05) is 19.8 Å². The molecule has 2 N–H and O–H groups in total. The smallest absolute Gasteiger partial charge is 0.324 e. The second-order valence-electron chi connectivity index (χ2n) is 5.41. The number of rotatable bonds is 7. The lowest BCUT2D eigenvalue weighted by molar-refractivity contribution is -0.235. The van der Waals surface area contributed by atoms with Crippen LogP contribution in [0.2, 0.25) is 0 Å². The van der Waals surface area contributed by atoms with Gasteiger partial charge in [-0.2, -0.15) is 13.2 Å². The zero-order chi connectivity index (χ0) is 15.5. The van der Waals surface area contributed by atoms with Gasteiger partial charge in [0.25, 0.3) is 0 Å². The third-order valence-corrected chi connectivity index (χ3v) is 4.54. The van der Waals surface area contributed by atoms with Gasteiger partial charge in [-0.3, -0.25) is 4.57 Å². The van der Waals surface area contributed by atoms with E-state index in [1.807, 2.05) is 0 Å². The van der Waals surface area contributed by atoms with Crippen LogP contribution >= 0.6 is 19.4 Å². The molecule has 4 nitrogen and oxygen atoms in total. The lowest BCUT2D eigenvalue weighted by Gasteiger charge is -2.34. The molecule has 116 valence electrons. The van der Waals surface area contributed by atoms with Gasteiger partial charge >= 0.3 is 13.9 Å². The van der Waals surface area contributed by atoms with E-state index in [0.717, 1.165) is 0 Å². The van der Waals surface area contributed by atoms with Gasteiger partial charge in [0.15, 0.2) is 0 Å². The van der Waals surface area contributed by atoms with Gasteiger partial charge in [-0.15, -0.1) is 4.42 Å². The summed E-state index contributed by atoms with van der Waals surface area (Å²) < 4.78 is 47.9. The Hall–Kier alpha value is 0.190. The van der Waals surface area contributed by atoms with Crippen LogP contribution in [0.15, 0.2) is 0 Å². The highest BCUT2D eigenvalue weighted by atomic mass is 35.5. The van der Waals surface area contributed by atoms with Gasteiger partial charge in [-0.05, 0) is 38.0 Å². The molecule has 19 heavy (non-hydrogen) atoms. The van der Waals surface area contributed by atoms with E-state index < -0.39 is 19.4 Å². The maximum absolute atomic E-state index is 12.4. The molecule has 1 atom stereocenters. The highest BCUT2D eigenvalue weighted by molar-refractivity contribution is 7.51. The van der Waals surface area contributed by atoms with Crippen molar-refractivity contribution in [3.05, 3.63) is 0 Å². The van der Waals surface area contributed by atoms with Crippen molar-refractivity contribution in [2.45, 2.75) is 51.9 Å². The Morgan fingerprint density at radius 3 is 2.16 bits per heavy atom. The molecule has 0 bridgehead atoms. The Balaban J connectivity index is 4.23. The zero-order valence-electron chi connectivity index (χ0n) is 11.1. The van der Waals surface area contributed by atoms with E-state index in [1.54, 1.807) is 6.92 Å². The van der Waals surface area contributed by atoms with Gasteiger partial charge < -0.3 is 9.79 Å². The van der Waals surface area contributed by atoms with Gasteiger partial charge in [0.05, 0.1) is 6.16 Å². The lowest BCUT2D eigenvalue weighted by atomic mass is 9.94. The van der Waals surface area contributed by atoms with Crippen molar-refractivity contribution in [2.24, 2.45) is 5.92 Å². The molecule has 0 aliphatic heterocycles. The van der Waals surface area contributed by atoms with Gasteiger partial charge in [0, 0.05) is 5.54 Å². The summed E-state index contributed by atoms with van der Waals surface area (Å²) in [5, 5.41) is 0. The van der Waals surface area contributed by atoms with Crippen LogP contribution in [-0.4, -0.2) is 32.2 Å². The Morgan fingerprint density at radius 2 is 1.79 bits per heavy atom. The average Bonchev–Trinajstić information content (AvgIpc) is 2.11. The normalized spacial score (nSPS) is 15.9. The minimum absolute atomic E-state index is 0.159. The first kappa shape index (κ1) is 19.2. The summed E-state index contributed by atoms with van der Waals surface area (Å²) >= 11 is 5.25. The second kappa shape index (κ2) is 6.76. The van der Waals surface area contributed by atoms with E-state index >= 15 is 0 Å². The quantitative estimate of drug-likeness (QED) is 0.425. The molecule has 0 fully saturated rings. The summed E-state index contributed by atoms with van der Waals surface area (Å²) in [6.45, 7) is 4.41. The van der Waals surface area contributed by atoms with Crippen LogP contribution in [0.4, 0.5) is 13.2 Å². The molecule has 0 amide bonds. The first-order valence-corrected chi connectivity index (χ1v) is 7.97. The van der Waals surface area contributed by atoms with Crippen molar-refractivity contribution in [2.75, 3.05) is 6.16 Å². The number of halogens is 4. The molecule has 0 saturated carbocycles. The van der Waals surface area contributed by atoms with E-state index in [9.17, 15) is 17.7 Å². The van der Waals surface area contributed by atoms with Crippen LogP contribution < -0.4 is 0 Å². The second-order valence-corrected chi connectivity index (χ2v) is 7.44. The third-order valence-electron chi connectivity index (χ3n) is 2.79. The van der Waals surface area contributed by atoms with E-state index in [2.05, 4.69) is 0 Å². The van der Waals surface area contributed by atoms with Crippen molar-refractivity contribution in [3.8, 4) is 0 Å². The average molecular weight is 326 g/mol. The molecule has 0 aromatic rings. The summed E-state index contributed by atoms with van der Waals surface area (Å²) in [5.74, 6) is -0.244. The van der Waals surface area contributed by atoms with Gasteiger partial charge in [0.2, 0.25) is 0 Å². The van der Waals surface area contributed by atoms with Gasteiger partial charge in [-0.25, -0.2) is 0 Å². The van der Waals surface area contributed by atoms with Crippen LogP contribution in [0.25, 0.3) is 0 Å². The van der Waals surface area contributed by atoms with E-state index in [4.69, 9.17) is 21.6 Å². The van der Waals surface area contributed by atoms with Crippen molar-refractivity contribution in [1.82, 2.24) is 4.42 Å². The monoisotopic (exact) mass is 325 g/mol. The fourth-order valence-electron chi connectivity index (χ4n) is 1.82. The molecule has 1 unspecified atom stereocenters. The Kier molecular flexibility index (Phi) is 6.83. The topological polar surface area (TPSA) is 60.8 Å². The summed E-state index contributed by atoms with van der Waals surface area (Å²) in [6.07, 6.45) is -3.83. The first-order chi connectivity index (χ1) is 8.26. The fourth-order valence-corrected chi connectivity index (χ4v) is 2.90. The maximum atomic E-state index is 12.4. The van der Waals surface area contributed by atoms with Crippen LogP contribution in [0.1, 0.15) is 40.0 Å². The molecular weight excluding hydrogens is 306 g/mol. The van der Waals surface area contributed by atoms with Gasteiger partial charge in [0.1, 0.15) is 0 Å². The number of nitrogens with zero attached hydrogens (tertiary/aromatic N) is 1. The molecule has 0 rings (SSSR count). The number of hydrogen-bond acceptors (Lipinski definition) is 2. The number of alkyl halides is 3. The number of hydrogen-bond donors (Lipinski definition) is 2. The van der Waals surface area contributed by atoms with Crippen LogP contribution in [0.3, 0.4) is 0 Å². The molecule has 0 aliphatic rings. The Morgan fingerprint density at radius 1 is 1.32 bits per heavy atom. The molecule has 0 aromatic heterocycles. The predicted octanol–water partition coefficient (Wildman–Crippen LogP) is 3.72. The molecule has 0 aliphatic carbocycles. The van der Waals surface area contributed by atoms with Crippen molar-refractivity contribution >= 4 is 19.4 Å². The summed E-state index contributed by atoms with van der Waals surface area (Å²) in [5.41, 5.74) is -1.26. The largest absolute Gasteiger partial charge is 0.474 e. The summed E-state index contributed by atoms with van der Waals surface area (Å²) in [4.78, 5) is 17.6. The predicted molar refractivity (Wildman–Crippen MR) is 67.8 cm³/mol. The van der Waals surface area contributed by atoms with E-state index in [1.165, 1.54) is 13.8 Å². The SMILES string of the molecule is CC(CCCC(C)(C)N(Cl)C(F)(F)F)CP(=O)(O)O. The molecular formula is C10H20ClF3NO3P. The third kappa shape index (κ3) is 8.15. The highest BCUT2D eigenvalue weighted by Crippen LogP contribution is 2.39. The fraction of sp³-hybridized carbons (Fsp3) is 1.00. The first-order valence-electron chi connectivity index (χ1n) is 5.83. The maximum Gasteiger partial charge on any atom is 0.474 e. The minimum atomic E-state index is -4.61. The molecule has 0 saturated heterocycles. The molecule has 0 heterocycles. The summed E-state index contributed by atoms with van der Waals surface area (Å²) in [7, 11) is -4.06. The van der Waals surface area contributed by atoms with E-state index in [-0.39, 0.29) is 22.9 Å². The minimum Gasteiger partial charge on any atom is -0.324 e. The van der Waals surface area contributed by atoms with Crippen LogP contribution in [-0.2, 0) is 4.57 Å². The van der Waals surface area contributed by atoms with Crippen LogP contribution in [0.5, 0.6) is 0 Å². The lowest BCUT2D eigenvalue weighted by Crippen LogP contribution is -2.45. The zero-order valence-corrected chi connectivity index (χ0v) is 12.8. The standard InChI is InChI=1S/C10H20ClF3NO3P/c1-8(7-19(16,17)18)5-4-6-9(2,3)15(11)10(12,13)14/h8H,4-7H2,1-3H3,(H2,16,17,18). The Labute approximate surface area is 116 Å². The molecule has 0 aromatic carbocycles. The van der Waals surface area contributed by atoms with Crippen molar-refractivity contribution in [1.29, 1.82) is 0 Å². The van der Waals surface area contributed by atoms with E-state index in [0.29, 0.717) is 12.8 Å². The molecule has 0 radical (unpaired) electrons.